The van der Waals surface area contributed by atoms with Crippen molar-refractivity contribution in [2.45, 2.75) is 72.3 Å². The number of unbranched alkanes of at least 4 members (excludes halogenated alkanes) is 3. The molecular weight excluding hydrogens is 232 g/mol. The predicted molar refractivity (Wildman–Crippen MR) is 85.7 cm³/mol. The molecule has 0 aromatic carbocycles. The van der Waals surface area contributed by atoms with Crippen LogP contribution in [-0.2, 0) is 0 Å². The maximum Gasteiger partial charge on any atom is 0.0126 e. The van der Waals surface area contributed by atoms with Crippen molar-refractivity contribution in [2.24, 2.45) is 5.92 Å². The van der Waals surface area contributed by atoms with Crippen molar-refractivity contribution >= 4 is 0 Å². The Morgan fingerprint density at radius 3 is 1.95 bits per heavy atom. The molecule has 2 heteroatoms. The maximum atomic E-state index is 2.66. The summed E-state index contributed by atoms with van der Waals surface area (Å²) in [6, 6.07) is 0. The lowest BCUT2D eigenvalue weighted by molar-refractivity contribution is 0.0616. The molecule has 0 atom stereocenters. The van der Waals surface area contributed by atoms with Gasteiger partial charge in [-0.05, 0) is 39.7 Å². The van der Waals surface area contributed by atoms with Gasteiger partial charge in [-0.1, -0.05) is 39.5 Å². The van der Waals surface area contributed by atoms with Crippen LogP contribution in [0.2, 0.25) is 0 Å². The molecular formula is C17H36N2. The normalized spacial score (nSPS) is 19.3. The Balaban J connectivity index is 2.01. The van der Waals surface area contributed by atoms with Crippen molar-refractivity contribution in [3.8, 4) is 0 Å². The molecule has 0 aromatic heterocycles. The van der Waals surface area contributed by atoms with E-state index in [1.807, 2.05) is 0 Å². The average Bonchev–Trinajstić information content (AvgIpc) is 2.32. The van der Waals surface area contributed by atoms with E-state index < -0.39 is 0 Å². The molecule has 0 amide bonds. The van der Waals surface area contributed by atoms with E-state index in [4.69, 9.17) is 0 Å². The molecule has 1 heterocycles. The third-order valence-electron chi connectivity index (χ3n) is 4.33. The monoisotopic (exact) mass is 268 g/mol. The van der Waals surface area contributed by atoms with Crippen LogP contribution in [0, 0.1) is 5.92 Å². The molecule has 0 radical (unpaired) electrons. The van der Waals surface area contributed by atoms with E-state index in [9.17, 15) is 0 Å². The lowest BCUT2D eigenvalue weighted by Crippen LogP contribution is -2.53. The van der Waals surface area contributed by atoms with Crippen molar-refractivity contribution in [3.63, 3.8) is 0 Å². The summed E-state index contributed by atoms with van der Waals surface area (Å²) in [7, 11) is 0. The number of hydrogen-bond acceptors (Lipinski definition) is 2. The lowest BCUT2D eigenvalue weighted by Gasteiger charge is -2.42. The zero-order valence-corrected chi connectivity index (χ0v) is 14.0. The highest BCUT2D eigenvalue weighted by molar-refractivity contribution is 4.81. The van der Waals surface area contributed by atoms with Crippen LogP contribution in [0.15, 0.2) is 0 Å². The van der Waals surface area contributed by atoms with Crippen molar-refractivity contribution in [2.75, 3.05) is 32.7 Å². The largest absolute Gasteiger partial charge is 0.301 e. The van der Waals surface area contributed by atoms with E-state index in [1.165, 1.54) is 64.8 Å². The molecule has 0 bridgehead atoms. The van der Waals surface area contributed by atoms with E-state index in [-0.39, 0.29) is 0 Å². The fourth-order valence-electron chi connectivity index (χ4n) is 2.88. The van der Waals surface area contributed by atoms with Crippen LogP contribution in [0.1, 0.15) is 66.7 Å². The number of piperazine rings is 1. The molecule has 0 aliphatic carbocycles. The first-order valence-electron chi connectivity index (χ1n) is 8.37. The molecule has 1 aliphatic heterocycles. The number of nitrogens with zero attached hydrogens (tertiary/aromatic N) is 2. The summed E-state index contributed by atoms with van der Waals surface area (Å²) < 4.78 is 0. The summed E-state index contributed by atoms with van der Waals surface area (Å²) in [6.07, 6.45) is 7.08. The van der Waals surface area contributed by atoms with Gasteiger partial charge in [0.2, 0.25) is 0 Å². The molecule has 19 heavy (non-hydrogen) atoms. The van der Waals surface area contributed by atoms with Crippen LogP contribution in [0.25, 0.3) is 0 Å². The second-order valence-corrected chi connectivity index (χ2v) is 7.60. The Labute approximate surface area is 121 Å². The molecule has 0 saturated carbocycles. The number of rotatable bonds is 7. The minimum absolute atomic E-state index is 0.350. The van der Waals surface area contributed by atoms with Crippen LogP contribution >= 0.6 is 0 Å². The smallest absolute Gasteiger partial charge is 0.0126 e. The van der Waals surface area contributed by atoms with Gasteiger partial charge < -0.3 is 4.90 Å². The molecule has 0 spiro atoms. The lowest BCUT2D eigenvalue weighted by atomic mass is 10.0. The summed E-state index contributed by atoms with van der Waals surface area (Å²) in [5, 5.41) is 0. The average molecular weight is 268 g/mol. The van der Waals surface area contributed by atoms with Crippen molar-refractivity contribution < 1.29 is 0 Å². The molecule has 1 fully saturated rings. The minimum atomic E-state index is 0.350. The second kappa shape index (κ2) is 8.26. The first-order valence-corrected chi connectivity index (χ1v) is 8.37. The van der Waals surface area contributed by atoms with Crippen LogP contribution in [-0.4, -0.2) is 48.1 Å². The summed E-state index contributed by atoms with van der Waals surface area (Å²) in [5.41, 5.74) is 0.350. The van der Waals surface area contributed by atoms with Gasteiger partial charge in [-0.15, -0.1) is 0 Å². The SMILES string of the molecule is CC(C)CCCCCCN1CCN(C(C)(C)C)CC1. The number of hydrogen-bond donors (Lipinski definition) is 0. The van der Waals surface area contributed by atoms with Gasteiger partial charge in [0, 0.05) is 31.7 Å². The molecule has 0 aromatic rings. The summed E-state index contributed by atoms with van der Waals surface area (Å²) in [6.45, 7) is 18.0. The van der Waals surface area contributed by atoms with Crippen LogP contribution in [0.4, 0.5) is 0 Å². The first-order chi connectivity index (χ1) is 8.89. The molecule has 114 valence electrons. The highest BCUT2D eigenvalue weighted by Gasteiger charge is 2.25. The highest BCUT2D eigenvalue weighted by Crippen LogP contribution is 2.16. The topological polar surface area (TPSA) is 6.48 Å². The zero-order chi connectivity index (χ0) is 14.3. The highest BCUT2D eigenvalue weighted by atomic mass is 15.3. The quantitative estimate of drug-likeness (QED) is 0.644. The Bertz CT molecular complexity index is 222. The Kier molecular flexibility index (Phi) is 7.38. The van der Waals surface area contributed by atoms with Crippen LogP contribution in [0.5, 0.6) is 0 Å². The Hall–Kier alpha value is -0.0800. The van der Waals surface area contributed by atoms with Crippen LogP contribution in [0.3, 0.4) is 0 Å². The minimum Gasteiger partial charge on any atom is -0.301 e. The second-order valence-electron chi connectivity index (χ2n) is 7.60. The van der Waals surface area contributed by atoms with Crippen molar-refractivity contribution in [1.82, 2.24) is 9.80 Å². The fraction of sp³-hybridized carbons (Fsp3) is 1.00. The van der Waals surface area contributed by atoms with E-state index in [0.717, 1.165) is 5.92 Å². The van der Waals surface area contributed by atoms with Gasteiger partial charge in [0.15, 0.2) is 0 Å². The van der Waals surface area contributed by atoms with Gasteiger partial charge in [0.1, 0.15) is 0 Å². The third-order valence-corrected chi connectivity index (χ3v) is 4.33. The molecule has 0 unspecified atom stereocenters. The van der Waals surface area contributed by atoms with E-state index in [2.05, 4.69) is 44.4 Å². The van der Waals surface area contributed by atoms with Gasteiger partial charge in [-0.3, -0.25) is 4.90 Å². The standard InChI is InChI=1S/C17H36N2/c1-16(2)10-8-6-7-9-11-18-12-14-19(15-13-18)17(3,4)5/h16H,6-15H2,1-5H3. The molecule has 2 nitrogen and oxygen atoms in total. The van der Waals surface area contributed by atoms with Crippen molar-refractivity contribution in [3.05, 3.63) is 0 Å². The third kappa shape index (κ3) is 7.31. The molecule has 0 N–H and O–H groups in total. The van der Waals surface area contributed by atoms with Gasteiger partial charge in [-0.2, -0.15) is 0 Å². The molecule has 1 aliphatic rings. The van der Waals surface area contributed by atoms with Gasteiger partial charge in [-0.25, -0.2) is 0 Å². The zero-order valence-electron chi connectivity index (χ0n) is 14.0. The first kappa shape index (κ1) is 17.0. The Morgan fingerprint density at radius 2 is 1.42 bits per heavy atom. The van der Waals surface area contributed by atoms with Crippen molar-refractivity contribution in [1.29, 1.82) is 0 Å². The Morgan fingerprint density at radius 1 is 0.842 bits per heavy atom. The van der Waals surface area contributed by atoms with E-state index in [0.29, 0.717) is 5.54 Å². The van der Waals surface area contributed by atoms with E-state index in [1.54, 1.807) is 0 Å². The van der Waals surface area contributed by atoms with E-state index >= 15 is 0 Å². The molecule has 1 rings (SSSR count). The van der Waals surface area contributed by atoms with Crippen LogP contribution < -0.4 is 0 Å². The summed E-state index contributed by atoms with van der Waals surface area (Å²) in [4.78, 5) is 5.27. The summed E-state index contributed by atoms with van der Waals surface area (Å²) >= 11 is 0. The predicted octanol–water partition coefficient (Wildman–Crippen LogP) is 4.01. The maximum absolute atomic E-state index is 2.66. The fourth-order valence-corrected chi connectivity index (χ4v) is 2.88. The molecule has 1 saturated heterocycles. The van der Waals surface area contributed by atoms with Gasteiger partial charge in [0.25, 0.3) is 0 Å². The summed E-state index contributed by atoms with van der Waals surface area (Å²) in [5.74, 6) is 0.880. The van der Waals surface area contributed by atoms with Gasteiger partial charge >= 0.3 is 0 Å². The van der Waals surface area contributed by atoms with Gasteiger partial charge in [0.05, 0.1) is 0 Å².